The van der Waals surface area contributed by atoms with Gasteiger partial charge in [0.2, 0.25) is 5.91 Å². The van der Waals surface area contributed by atoms with E-state index in [0.29, 0.717) is 6.54 Å². The first-order valence-corrected chi connectivity index (χ1v) is 6.65. The minimum absolute atomic E-state index is 0.0409. The number of nitrogens with one attached hydrogen (secondary N) is 1. The second-order valence-corrected chi connectivity index (χ2v) is 5.08. The number of anilines is 1. The van der Waals surface area contributed by atoms with E-state index in [2.05, 4.69) is 5.32 Å². The first-order valence-electron chi connectivity index (χ1n) is 6.65. The quantitative estimate of drug-likeness (QED) is 0.889. The third-order valence-electron chi connectivity index (χ3n) is 3.54. The molecule has 1 aliphatic heterocycles. The van der Waals surface area contributed by atoms with Gasteiger partial charge in [0.1, 0.15) is 11.6 Å². The molecule has 0 bridgehead atoms. The van der Waals surface area contributed by atoms with Crippen LogP contribution in [0.1, 0.15) is 19.8 Å². The number of carbonyl (C=O) groups is 1. The summed E-state index contributed by atoms with van der Waals surface area (Å²) in [5.41, 5.74) is -0.0409. The molecule has 4 nitrogen and oxygen atoms in total. The largest absolute Gasteiger partial charge is 0.392 e. The van der Waals surface area contributed by atoms with E-state index >= 15 is 0 Å². The van der Waals surface area contributed by atoms with Crippen LogP contribution in [0.25, 0.3) is 0 Å². The normalized spacial score (nSPS) is 21.5. The Morgan fingerprint density at radius 3 is 2.90 bits per heavy atom. The standard InChI is InChI=1S/C14H18F2N2O2/c1-9(18-6-2-3-11(19)8-18)14(20)17-13-5-4-10(15)7-12(13)16/h4-5,7,9,11,19H,2-3,6,8H2,1H3,(H,17,20). The van der Waals surface area contributed by atoms with E-state index in [9.17, 15) is 18.7 Å². The summed E-state index contributed by atoms with van der Waals surface area (Å²) in [6.45, 7) is 2.85. The van der Waals surface area contributed by atoms with Gasteiger partial charge in [0, 0.05) is 12.6 Å². The van der Waals surface area contributed by atoms with Gasteiger partial charge in [-0.2, -0.15) is 0 Å². The van der Waals surface area contributed by atoms with Crippen molar-refractivity contribution < 1.29 is 18.7 Å². The van der Waals surface area contributed by atoms with Crippen molar-refractivity contribution in [1.29, 1.82) is 0 Å². The highest BCUT2D eigenvalue weighted by Gasteiger charge is 2.26. The van der Waals surface area contributed by atoms with E-state index in [-0.39, 0.29) is 11.6 Å². The minimum Gasteiger partial charge on any atom is -0.392 e. The number of piperidine rings is 1. The van der Waals surface area contributed by atoms with E-state index in [1.807, 2.05) is 4.90 Å². The van der Waals surface area contributed by atoms with Crippen LogP contribution in [-0.2, 0) is 4.79 Å². The van der Waals surface area contributed by atoms with Gasteiger partial charge >= 0.3 is 0 Å². The highest BCUT2D eigenvalue weighted by Crippen LogP contribution is 2.17. The number of amides is 1. The van der Waals surface area contributed by atoms with E-state index in [1.54, 1.807) is 6.92 Å². The molecule has 1 aliphatic rings. The lowest BCUT2D eigenvalue weighted by Crippen LogP contribution is -2.48. The summed E-state index contributed by atoms with van der Waals surface area (Å²) in [6, 6.07) is 2.54. The number of nitrogens with zero attached hydrogens (tertiary/aromatic N) is 1. The summed E-state index contributed by atoms with van der Waals surface area (Å²) in [5.74, 6) is -1.86. The van der Waals surface area contributed by atoms with Gasteiger partial charge in [0.15, 0.2) is 0 Å². The Morgan fingerprint density at radius 2 is 2.25 bits per heavy atom. The van der Waals surface area contributed by atoms with Crippen molar-refractivity contribution in [2.45, 2.75) is 31.9 Å². The van der Waals surface area contributed by atoms with Gasteiger partial charge in [0.05, 0.1) is 17.8 Å². The molecular formula is C14H18F2N2O2. The third-order valence-corrected chi connectivity index (χ3v) is 3.54. The maximum Gasteiger partial charge on any atom is 0.241 e. The number of rotatable bonds is 3. The molecule has 1 saturated heterocycles. The Kier molecular flexibility index (Phi) is 4.67. The lowest BCUT2D eigenvalue weighted by atomic mass is 10.1. The second-order valence-electron chi connectivity index (χ2n) is 5.08. The van der Waals surface area contributed by atoms with Crippen LogP contribution in [0.15, 0.2) is 18.2 Å². The Balaban J connectivity index is 2.00. The zero-order valence-electron chi connectivity index (χ0n) is 11.3. The number of hydrogen-bond acceptors (Lipinski definition) is 3. The molecule has 20 heavy (non-hydrogen) atoms. The summed E-state index contributed by atoms with van der Waals surface area (Å²) in [5, 5.41) is 12.0. The van der Waals surface area contributed by atoms with Crippen LogP contribution in [-0.4, -0.2) is 41.1 Å². The molecule has 1 heterocycles. The summed E-state index contributed by atoms with van der Waals surface area (Å²) < 4.78 is 26.3. The first kappa shape index (κ1) is 14.9. The van der Waals surface area contributed by atoms with Crippen molar-refractivity contribution >= 4 is 11.6 Å². The zero-order chi connectivity index (χ0) is 14.7. The summed E-state index contributed by atoms with van der Waals surface area (Å²) in [4.78, 5) is 13.9. The summed E-state index contributed by atoms with van der Waals surface area (Å²) in [7, 11) is 0. The number of carbonyl (C=O) groups excluding carboxylic acids is 1. The molecule has 0 spiro atoms. The van der Waals surface area contributed by atoms with Gasteiger partial charge in [-0.25, -0.2) is 8.78 Å². The molecule has 1 aromatic carbocycles. The van der Waals surface area contributed by atoms with Crippen LogP contribution >= 0.6 is 0 Å². The van der Waals surface area contributed by atoms with Gasteiger partial charge in [-0.15, -0.1) is 0 Å². The number of hydrogen-bond donors (Lipinski definition) is 2. The van der Waals surface area contributed by atoms with Crippen LogP contribution in [0.4, 0.5) is 14.5 Å². The molecule has 1 fully saturated rings. The monoisotopic (exact) mass is 284 g/mol. The molecule has 0 aliphatic carbocycles. The fourth-order valence-corrected chi connectivity index (χ4v) is 2.33. The first-order chi connectivity index (χ1) is 9.47. The molecule has 2 unspecified atom stereocenters. The molecule has 2 atom stereocenters. The van der Waals surface area contributed by atoms with Crippen molar-refractivity contribution in [1.82, 2.24) is 4.90 Å². The van der Waals surface area contributed by atoms with Crippen LogP contribution in [0.3, 0.4) is 0 Å². The zero-order valence-corrected chi connectivity index (χ0v) is 11.3. The summed E-state index contributed by atoms with van der Waals surface area (Å²) >= 11 is 0. The maximum atomic E-state index is 13.5. The predicted molar refractivity (Wildman–Crippen MR) is 71.3 cm³/mol. The number of aliphatic hydroxyl groups excluding tert-OH is 1. The van der Waals surface area contributed by atoms with Gasteiger partial charge in [-0.3, -0.25) is 9.69 Å². The van der Waals surface area contributed by atoms with Crippen LogP contribution in [0.2, 0.25) is 0 Å². The van der Waals surface area contributed by atoms with Gasteiger partial charge < -0.3 is 10.4 Å². The molecule has 0 saturated carbocycles. The fourth-order valence-electron chi connectivity index (χ4n) is 2.33. The van der Waals surface area contributed by atoms with E-state index in [1.165, 1.54) is 6.07 Å². The van der Waals surface area contributed by atoms with E-state index < -0.39 is 23.8 Å². The van der Waals surface area contributed by atoms with Crippen LogP contribution in [0, 0.1) is 11.6 Å². The molecule has 2 rings (SSSR count). The number of aliphatic hydroxyl groups is 1. The van der Waals surface area contributed by atoms with Crippen molar-refractivity contribution in [3.05, 3.63) is 29.8 Å². The summed E-state index contributed by atoms with van der Waals surface area (Å²) in [6.07, 6.45) is 1.13. The van der Waals surface area contributed by atoms with Crippen LogP contribution < -0.4 is 5.32 Å². The Labute approximate surface area is 116 Å². The highest BCUT2D eigenvalue weighted by atomic mass is 19.1. The minimum atomic E-state index is -0.802. The topological polar surface area (TPSA) is 52.6 Å². The fraction of sp³-hybridized carbons (Fsp3) is 0.500. The average molecular weight is 284 g/mol. The Hall–Kier alpha value is -1.53. The van der Waals surface area contributed by atoms with Crippen molar-refractivity contribution in [2.75, 3.05) is 18.4 Å². The van der Waals surface area contributed by atoms with Gasteiger partial charge in [0.25, 0.3) is 0 Å². The smallest absolute Gasteiger partial charge is 0.241 e. The van der Waals surface area contributed by atoms with Gasteiger partial charge in [-0.1, -0.05) is 0 Å². The molecule has 110 valence electrons. The van der Waals surface area contributed by atoms with Crippen molar-refractivity contribution in [3.63, 3.8) is 0 Å². The molecule has 0 radical (unpaired) electrons. The predicted octanol–water partition coefficient (Wildman–Crippen LogP) is 1.75. The van der Waals surface area contributed by atoms with Crippen molar-refractivity contribution in [3.8, 4) is 0 Å². The maximum absolute atomic E-state index is 13.5. The van der Waals surface area contributed by atoms with Gasteiger partial charge in [-0.05, 0) is 38.4 Å². The lowest BCUT2D eigenvalue weighted by molar-refractivity contribution is -0.121. The van der Waals surface area contributed by atoms with E-state index in [4.69, 9.17) is 0 Å². The lowest BCUT2D eigenvalue weighted by Gasteiger charge is -2.33. The molecule has 0 aromatic heterocycles. The molecule has 1 aromatic rings. The number of halogens is 2. The van der Waals surface area contributed by atoms with E-state index in [0.717, 1.165) is 31.5 Å². The Morgan fingerprint density at radius 1 is 1.50 bits per heavy atom. The number of likely N-dealkylation sites (tertiary alicyclic amines) is 1. The molecule has 6 heteroatoms. The SMILES string of the molecule is CC(C(=O)Nc1ccc(F)cc1F)N1CCCC(O)C1. The number of β-amino-alcohol motifs (C(OH)–C–C–N with tert-alkyl or cyclic N) is 1. The highest BCUT2D eigenvalue weighted by molar-refractivity contribution is 5.94. The Bertz CT molecular complexity index is 496. The molecule has 1 amide bonds. The second kappa shape index (κ2) is 6.28. The molecular weight excluding hydrogens is 266 g/mol. The molecule has 2 N–H and O–H groups in total. The average Bonchev–Trinajstić information content (AvgIpc) is 2.41. The third kappa shape index (κ3) is 3.52. The van der Waals surface area contributed by atoms with Crippen molar-refractivity contribution in [2.24, 2.45) is 0 Å². The number of benzene rings is 1. The van der Waals surface area contributed by atoms with Crippen LogP contribution in [0.5, 0.6) is 0 Å².